The van der Waals surface area contributed by atoms with E-state index in [9.17, 15) is 14.8 Å². The highest BCUT2D eigenvalue weighted by Gasteiger charge is 2.09. The Labute approximate surface area is 110 Å². The van der Waals surface area contributed by atoms with E-state index in [1.54, 1.807) is 24.3 Å². The molecule has 0 bridgehead atoms. The molecule has 1 aliphatic heterocycles. The van der Waals surface area contributed by atoms with Crippen molar-refractivity contribution in [2.45, 2.75) is 20.3 Å². The predicted octanol–water partition coefficient (Wildman–Crippen LogP) is 1.55. The first kappa shape index (κ1) is 13.0. The fourth-order valence-electron chi connectivity index (χ4n) is 1.86. The van der Waals surface area contributed by atoms with Crippen LogP contribution in [-0.2, 0) is 9.59 Å². The first-order valence-electron chi connectivity index (χ1n) is 5.85. The Morgan fingerprint density at radius 1 is 1.32 bits per heavy atom. The number of amides is 1. The Kier molecular flexibility index (Phi) is 3.46. The molecule has 98 valence electrons. The van der Waals surface area contributed by atoms with Gasteiger partial charge in [0.05, 0.1) is 17.5 Å². The third-order valence-electron chi connectivity index (χ3n) is 2.77. The van der Waals surface area contributed by atoms with Gasteiger partial charge in [-0.3, -0.25) is 9.59 Å². The maximum Gasteiger partial charge on any atom is 0.253 e. The minimum atomic E-state index is -0.482. The summed E-state index contributed by atoms with van der Waals surface area (Å²) in [6, 6.07) is 6.88. The van der Waals surface area contributed by atoms with Crippen molar-refractivity contribution >= 4 is 11.7 Å². The summed E-state index contributed by atoms with van der Waals surface area (Å²) in [4.78, 5) is 26.1. The highest BCUT2D eigenvalue weighted by atomic mass is 16.5. The summed E-state index contributed by atoms with van der Waals surface area (Å²) in [5.74, 6) is -0.702. The van der Waals surface area contributed by atoms with E-state index in [2.05, 4.69) is 4.99 Å². The summed E-state index contributed by atoms with van der Waals surface area (Å²) < 4.78 is 0.983. The summed E-state index contributed by atoms with van der Waals surface area (Å²) in [6.07, 6.45) is 1.32. The lowest BCUT2D eigenvalue weighted by Gasteiger charge is -2.11. The maximum absolute atomic E-state index is 11.5. The van der Waals surface area contributed by atoms with Gasteiger partial charge < -0.3 is 5.21 Å². The van der Waals surface area contributed by atoms with Gasteiger partial charge in [0.1, 0.15) is 5.78 Å². The lowest BCUT2D eigenvalue weighted by molar-refractivity contribution is -0.125. The van der Waals surface area contributed by atoms with Crippen LogP contribution in [0.5, 0.6) is 0 Å². The molecule has 0 radical (unpaired) electrons. The van der Waals surface area contributed by atoms with E-state index in [0.29, 0.717) is 11.1 Å². The Morgan fingerprint density at radius 3 is 2.74 bits per heavy atom. The predicted molar refractivity (Wildman–Crippen MR) is 68.8 cm³/mol. The largest absolute Gasteiger partial charge is 0.428 e. The number of Topliss-reactive ketones (excluding diaryl/α,β-unsaturated/α-hetero) is 1. The van der Waals surface area contributed by atoms with Crippen LogP contribution in [-0.4, -0.2) is 21.6 Å². The zero-order valence-electron chi connectivity index (χ0n) is 10.8. The van der Waals surface area contributed by atoms with Gasteiger partial charge in [-0.25, -0.2) is 4.99 Å². The molecule has 0 saturated carbocycles. The number of carbonyl (C=O) groups excluding carboxylic acids is 2. The number of hydrogen-bond donors (Lipinski definition) is 1. The zero-order chi connectivity index (χ0) is 14.0. The van der Waals surface area contributed by atoms with Crippen molar-refractivity contribution in [3.8, 4) is 11.3 Å². The van der Waals surface area contributed by atoms with E-state index >= 15 is 0 Å². The van der Waals surface area contributed by atoms with Gasteiger partial charge in [0.25, 0.3) is 5.91 Å². The van der Waals surface area contributed by atoms with Crippen LogP contribution in [0, 0.1) is 6.92 Å². The van der Waals surface area contributed by atoms with Gasteiger partial charge in [0, 0.05) is 11.8 Å². The molecular weight excluding hydrogens is 244 g/mol. The zero-order valence-corrected chi connectivity index (χ0v) is 10.8. The van der Waals surface area contributed by atoms with E-state index in [0.717, 1.165) is 15.9 Å². The monoisotopic (exact) mass is 258 g/mol. The second-order valence-electron chi connectivity index (χ2n) is 4.43. The maximum atomic E-state index is 11.5. The SMILES string of the molecule is CC(=O)CC(=O)N=c1ccc2c(C)ccn(O)c-2c1. The average Bonchev–Trinajstić information content (AvgIpc) is 2.33. The fraction of sp³-hybridized carbons (Fsp3) is 0.214. The fourth-order valence-corrected chi connectivity index (χ4v) is 1.86. The van der Waals surface area contributed by atoms with Crippen molar-refractivity contribution in [1.82, 2.24) is 4.73 Å². The van der Waals surface area contributed by atoms with Crippen LogP contribution >= 0.6 is 0 Å². The number of benzene rings is 1. The molecule has 5 nitrogen and oxygen atoms in total. The molecule has 5 heteroatoms. The molecule has 0 fully saturated rings. The van der Waals surface area contributed by atoms with Gasteiger partial charge in [-0.1, -0.05) is 6.07 Å². The smallest absolute Gasteiger partial charge is 0.253 e. The first-order valence-corrected chi connectivity index (χ1v) is 5.85. The van der Waals surface area contributed by atoms with Gasteiger partial charge >= 0.3 is 0 Å². The third kappa shape index (κ3) is 2.88. The first-order chi connectivity index (χ1) is 8.97. The van der Waals surface area contributed by atoms with E-state index < -0.39 is 5.91 Å². The van der Waals surface area contributed by atoms with E-state index in [-0.39, 0.29) is 12.2 Å². The molecule has 1 aliphatic carbocycles. The van der Waals surface area contributed by atoms with Gasteiger partial charge in [0.15, 0.2) is 0 Å². The third-order valence-corrected chi connectivity index (χ3v) is 2.77. The molecule has 0 atom stereocenters. The van der Waals surface area contributed by atoms with Crippen molar-refractivity contribution < 1.29 is 14.8 Å². The number of carbonyl (C=O) groups is 2. The molecule has 1 N–H and O–H groups in total. The Bertz CT molecular complexity index is 686. The van der Waals surface area contributed by atoms with E-state index in [1.165, 1.54) is 13.1 Å². The van der Waals surface area contributed by atoms with Crippen molar-refractivity contribution in [1.29, 1.82) is 0 Å². The van der Waals surface area contributed by atoms with Crippen molar-refractivity contribution in [2.24, 2.45) is 4.99 Å². The molecule has 0 unspecified atom stereocenters. The summed E-state index contributed by atoms with van der Waals surface area (Å²) in [5.41, 5.74) is 2.46. The van der Waals surface area contributed by atoms with Crippen LogP contribution < -0.4 is 5.36 Å². The number of pyridine rings is 1. The van der Waals surface area contributed by atoms with Crippen molar-refractivity contribution in [3.63, 3.8) is 0 Å². The van der Waals surface area contributed by atoms with Crippen molar-refractivity contribution in [3.05, 3.63) is 41.4 Å². The molecular formula is C14H14N2O3. The quantitative estimate of drug-likeness (QED) is 0.656. The van der Waals surface area contributed by atoms with Crippen molar-refractivity contribution in [2.75, 3.05) is 0 Å². The average molecular weight is 258 g/mol. The molecule has 1 heterocycles. The van der Waals surface area contributed by atoms with E-state index in [4.69, 9.17) is 0 Å². The second-order valence-corrected chi connectivity index (χ2v) is 4.43. The Morgan fingerprint density at radius 2 is 2.05 bits per heavy atom. The minimum Gasteiger partial charge on any atom is -0.428 e. The summed E-state index contributed by atoms with van der Waals surface area (Å²) in [7, 11) is 0. The number of fused-ring (bicyclic) bond motifs is 1. The lowest BCUT2D eigenvalue weighted by atomic mass is 10.0. The Hall–Kier alpha value is -2.43. The number of aromatic nitrogens is 1. The van der Waals surface area contributed by atoms with Crippen LogP contribution in [0.3, 0.4) is 0 Å². The molecule has 0 saturated heterocycles. The minimum absolute atomic E-state index is 0.203. The van der Waals surface area contributed by atoms with Crippen LogP contribution in [0.25, 0.3) is 11.3 Å². The number of aryl methyl sites for hydroxylation is 1. The standard InChI is InChI=1S/C14H14N2O3/c1-9-5-6-16(19)13-8-11(3-4-12(9)13)15-14(18)7-10(2)17/h3-6,8,19H,7H2,1-2H3. The number of hydrogen-bond acceptors (Lipinski definition) is 3. The number of nitrogens with zero attached hydrogens (tertiary/aromatic N) is 2. The van der Waals surface area contributed by atoms with Crippen LogP contribution in [0.15, 0.2) is 35.5 Å². The van der Waals surface area contributed by atoms with E-state index in [1.807, 2.05) is 6.92 Å². The molecule has 0 aromatic rings. The highest BCUT2D eigenvalue weighted by molar-refractivity contribution is 5.97. The Balaban J connectivity index is 2.50. The molecule has 1 amide bonds. The second kappa shape index (κ2) is 5.06. The van der Waals surface area contributed by atoms with Crippen LogP contribution in [0.4, 0.5) is 0 Å². The molecule has 19 heavy (non-hydrogen) atoms. The molecule has 0 spiro atoms. The molecule has 2 aliphatic rings. The molecule has 0 aromatic heterocycles. The number of rotatable bonds is 2. The van der Waals surface area contributed by atoms with Crippen LogP contribution in [0.2, 0.25) is 0 Å². The lowest BCUT2D eigenvalue weighted by Crippen LogP contribution is -2.11. The van der Waals surface area contributed by atoms with Gasteiger partial charge in [-0.2, -0.15) is 4.73 Å². The highest BCUT2D eigenvalue weighted by Crippen LogP contribution is 2.22. The molecule has 0 aromatic carbocycles. The van der Waals surface area contributed by atoms with Gasteiger partial charge in [0.2, 0.25) is 0 Å². The number of ketones is 1. The topological polar surface area (TPSA) is 71.7 Å². The van der Waals surface area contributed by atoms with Gasteiger partial charge in [-0.15, -0.1) is 0 Å². The molecule has 2 rings (SSSR count). The van der Waals surface area contributed by atoms with Crippen LogP contribution in [0.1, 0.15) is 18.9 Å². The summed E-state index contributed by atoms with van der Waals surface area (Å²) >= 11 is 0. The van der Waals surface area contributed by atoms with Gasteiger partial charge in [-0.05, 0) is 37.6 Å². The normalized spacial score (nSPS) is 11.8. The summed E-state index contributed by atoms with van der Waals surface area (Å²) in [6.45, 7) is 3.28. The summed E-state index contributed by atoms with van der Waals surface area (Å²) in [5, 5.41) is 10.2.